The summed E-state index contributed by atoms with van der Waals surface area (Å²) in [6, 6.07) is 13.7. The normalized spacial score (nSPS) is 28.9. The molecular formula is C28H32N2O5S. The third kappa shape index (κ3) is 4.45. The number of carbonyl (C=O) groups is 2. The smallest absolute Gasteiger partial charge is 0.338 e. The Morgan fingerprint density at radius 2 is 1.61 bits per heavy atom. The summed E-state index contributed by atoms with van der Waals surface area (Å²) in [6.45, 7) is 0.330. The van der Waals surface area contributed by atoms with Crippen LogP contribution in [-0.4, -0.2) is 43.3 Å². The molecule has 1 N–H and O–H groups in total. The highest BCUT2D eigenvalue weighted by Crippen LogP contribution is 2.55. The maximum absolute atomic E-state index is 13.3. The lowest BCUT2D eigenvalue weighted by Gasteiger charge is -2.56. The largest absolute Gasteiger partial charge is 0.452 e. The maximum Gasteiger partial charge on any atom is 0.338 e. The Morgan fingerprint density at radius 3 is 2.31 bits per heavy atom. The summed E-state index contributed by atoms with van der Waals surface area (Å²) in [7, 11) is -3.78. The van der Waals surface area contributed by atoms with Crippen LogP contribution in [0.3, 0.4) is 0 Å². The van der Waals surface area contributed by atoms with Gasteiger partial charge in [0.25, 0.3) is 5.91 Å². The topological polar surface area (TPSA) is 92.8 Å². The van der Waals surface area contributed by atoms with E-state index in [0.717, 1.165) is 30.4 Å². The predicted octanol–water partition coefficient (Wildman–Crippen LogP) is 3.68. The van der Waals surface area contributed by atoms with Crippen molar-refractivity contribution in [2.45, 2.75) is 61.9 Å². The van der Waals surface area contributed by atoms with Gasteiger partial charge >= 0.3 is 5.97 Å². The summed E-state index contributed by atoms with van der Waals surface area (Å²) in [4.78, 5) is 25.5. The number of carbonyl (C=O) groups excluding carboxylic acids is 2. The van der Waals surface area contributed by atoms with E-state index in [2.05, 4.69) is 5.32 Å². The number of benzene rings is 2. The molecule has 2 aromatic carbocycles. The molecule has 1 aliphatic heterocycles. The number of esters is 1. The molecule has 5 aliphatic rings. The van der Waals surface area contributed by atoms with Gasteiger partial charge in [0, 0.05) is 18.6 Å². The number of nitrogens with one attached hydrogen (secondary N) is 1. The molecule has 1 amide bonds. The third-order valence-electron chi connectivity index (χ3n) is 8.58. The summed E-state index contributed by atoms with van der Waals surface area (Å²) in [6.07, 6.45) is 7.59. The Kier molecular flexibility index (Phi) is 5.91. The van der Waals surface area contributed by atoms with Crippen molar-refractivity contribution in [3.63, 3.8) is 0 Å². The fourth-order valence-corrected chi connectivity index (χ4v) is 8.88. The van der Waals surface area contributed by atoms with Crippen molar-refractivity contribution in [1.29, 1.82) is 0 Å². The lowest BCUT2D eigenvalue weighted by molar-refractivity contribution is -0.130. The molecule has 0 unspecified atom stereocenters. The molecule has 4 aliphatic carbocycles. The number of sulfonamides is 1. The Labute approximate surface area is 212 Å². The number of nitrogens with zero attached hydrogens (tertiary/aromatic N) is 1. The van der Waals surface area contributed by atoms with Gasteiger partial charge in [-0.3, -0.25) is 4.79 Å². The molecule has 8 heteroatoms. The first-order valence-electron chi connectivity index (χ1n) is 12.9. The molecule has 7 rings (SSSR count). The van der Waals surface area contributed by atoms with E-state index in [9.17, 15) is 18.0 Å². The number of ether oxygens (including phenoxy) is 1. The van der Waals surface area contributed by atoms with E-state index in [1.165, 1.54) is 47.8 Å². The van der Waals surface area contributed by atoms with E-state index >= 15 is 0 Å². The molecule has 36 heavy (non-hydrogen) atoms. The van der Waals surface area contributed by atoms with Crippen molar-refractivity contribution in [3.8, 4) is 0 Å². The third-order valence-corrected chi connectivity index (χ3v) is 10.4. The second kappa shape index (κ2) is 8.99. The minimum atomic E-state index is -3.78. The molecule has 7 nitrogen and oxygen atoms in total. The van der Waals surface area contributed by atoms with Gasteiger partial charge in [-0.2, -0.15) is 4.31 Å². The van der Waals surface area contributed by atoms with E-state index < -0.39 is 16.0 Å². The van der Waals surface area contributed by atoms with Crippen LogP contribution in [0.15, 0.2) is 53.4 Å². The fraction of sp³-hybridized carbons (Fsp3) is 0.500. The molecule has 0 saturated heterocycles. The summed E-state index contributed by atoms with van der Waals surface area (Å²) in [5.41, 5.74) is 2.14. The molecule has 0 spiro atoms. The Bertz CT molecular complexity index is 1270. The maximum atomic E-state index is 13.3. The van der Waals surface area contributed by atoms with Crippen LogP contribution in [0.25, 0.3) is 0 Å². The molecule has 2 aromatic rings. The van der Waals surface area contributed by atoms with E-state index in [1.54, 1.807) is 0 Å². The average Bonchev–Trinajstić information content (AvgIpc) is 2.86. The van der Waals surface area contributed by atoms with Gasteiger partial charge in [0.2, 0.25) is 10.0 Å². The SMILES string of the molecule is O=C(COC(=O)c1cccc(S(=O)(=O)N2CCc3ccccc3C2)c1)NC12CC3CC(CC(C3)C1)C2. The summed E-state index contributed by atoms with van der Waals surface area (Å²) in [5.74, 6) is 1.14. The molecule has 190 valence electrons. The van der Waals surface area contributed by atoms with Gasteiger partial charge in [-0.15, -0.1) is 0 Å². The molecule has 0 atom stereocenters. The highest BCUT2D eigenvalue weighted by Gasteiger charge is 2.51. The predicted molar refractivity (Wildman–Crippen MR) is 134 cm³/mol. The zero-order valence-corrected chi connectivity index (χ0v) is 21.1. The van der Waals surface area contributed by atoms with Gasteiger partial charge in [-0.25, -0.2) is 13.2 Å². The second-order valence-corrected chi connectivity index (χ2v) is 13.1. The highest BCUT2D eigenvalue weighted by atomic mass is 32.2. The van der Waals surface area contributed by atoms with E-state index in [1.807, 2.05) is 24.3 Å². The van der Waals surface area contributed by atoms with Crippen LogP contribution in [0.2, 0.25) is 0 Å². The standard InChI is InChI=1S/C28H32N2O5S/c31-26(29-28-14-19-10-20(15-28)12-21(11-19)16-28)18-35-27(32)23-6-3-7-25(13-23)36(33,34)30-9-8-22-4-1-2-5-24(22)17-30/h1-7,13,19-21H,8-12,14-18H2,(H,29,31). The van der Waals surface area contributed by atoms with Crippen molar-refractivity contribution in [3.05, 3.63) is 65.2 Å². The quantitative estimate of drug-likeness (QED) is 0.601. The molecule has 0 radical (unpaired) electrons. The zero-order valence-electron chi connectivity index (χ0n) is 20.3. The van der Waals surface area contributed by atoms with Gasteiger partial charge < -0.3 is 10.1 Å². The van der Waals surface area contributed by atoms with Crippen LogP contribution >= 0.6 is 0 Å². The van der Waals surface area contributed by atoms with Gasteiger partial charge in [0.15, 0.2) is 6.61 Å². The Morgan fingerprint density at radius 1 is 0.944 bits per heavy atom. The van der Waals surface area contributed by atoms with Crippen molar-refractivity contribution in [2.24, 2.45) is 17.8 Å². The van der Waals surface area contributed by atoms with Gasteiger partial charge in [-0.05, 0) is 92.0 Å². The second-order valence-electron chi connectivity index (χ2n) is 11.2. The van der Waals surface area contributed by atoms with Crippen LogP contribution in [0.1, 0.15) is 60.0 Å². The molecule has 4 saturated carbocycles. The Balaban J connectivity index is 1.09. The van der Waals surface area contributed by atoms with Crippen LogP contribution in [0.4, 0.5) is 0 Å². The first kappa shape index (κ1) is 23.7. The summed E-state index contributed by atoms with van der Waals surface area (Å²) >= 11 is 0. The Hall–Kier alpha value is -2.71. The van der Waals surface area contributed by atoms with Gasteiger partial charge in [0.1, 0.15) is 0 Å². The first-order chi connectivity index (χ1) is 17.3. The molecule has 1 heterocycles. The number of fused-ring (bicyclic) bond motifs is 1. The van der Waals surface area contributed by atoms with Gasteiger partial charge in [0.05, 0.1) is 10.5 Å². The molecular weight excluding hydrogens is 476 g/mol. The van der Waals surface area contributed by atoms with E-state index in [-0.39, 0.29) is 28.5 Å². The zero-order chi connectivity index (χ0) is 24.9. The number of hydrogen-bond donors (Lipinski definition) is 1. The average molecular weight is 509 g/mol. The van der Waals surface area contributed by atoms with E-state index in [0.29, 0.717) is 37.3 Å². The van der Waals surface area contributed by atoms with Crippen molar-refractivity contribution >= 4 is 21.9 Å². The summed E-state index contributed by atoms with van der Waals surface area (Å²) < 4.78 is 33.3. The van der Waals surface area contributed by atoms with Crippen LogP contribution < -0.4 is 5.32 Å². The van der Waals surface area contributed by atoms with Crippen LogP contribution in [0.5, 0.6) is 0 Å². The van der Waals surface area contributed by atoms with Crippen LogP contribution in [-0.2, 0) is 32.5 Å². The monoisotopic (exact) mass is 508 g/mol. The highest BCUT2D eigenvalue weighted by molar-refractivity contribution is 7.89. The van der Waals surface area contributed by atoms with Crippen LogP contribution in [0, 0.1) is 17.8 Å². The fourth-order valence-electron chi connectivity index (χ4n) is 7.42. The number of hydrogen-bond acceptors (Lipinski definition) is 5. The molecule has 4 fully saturated rings. The minimum absolute atomic E-state index is 0.0503. The van der Waals surface area contributed by atoms with Gasteiger partial charge in [-0.1, -0.05) is 30.3 Å². The number of amides is 1. The lowest BCUT2D eigenvalue weighted by Crippen LogP contribution is -2.60. The molecule has 4 bridgehead atoms. The van der Waals surface area contributed by atoms with Crippen molar-refractivity contribution in [2.75, 3.05) is 13.2 Å². The van der Waals surface area contributed by atoms with Crippen molar-refractivity contribution in [1.82, 2.24) is 9.62 Å². The first-order valence-corrected chi connectivity index (χ1v) is 14.4. The minimum Gasteiger partial charge on any atom is -0.452 e. The molecule has 0 aromatic heterocycles. The van der Waals surface area contributed by atoms with Crippen molar-refractivity contribution < 1.29 is 22.7 Å². The summed E-state index contributed by atoms with van der Waals surface area (Å²) in [5, 5.41) is 3.20. The lowest BCUT2D eigenvalue weighted by atomic mass is 9.53. The number of rotatable bonds is 6. The van der Waals surface area contributed by atoms with E-state index in [4.69, 9.17) is 4.74 Å².